The zero-order chi connectivity index (χ0) is 20.5. The summed E-state index contributed by atoms with van der Waals surface area (Å²) in [6, 6.07) is 0. The number of esters is 1. The van der Waals surface area contributed by atoms with Gasteiger partial charge >= 0.3 is 5.97 Å². The highest BCUT2D eigenvalue weighted by Crippen LogP contribution is 2.49. The monoisotopic (exact) mass is 390 g/mol. The normalized spacial score (nSPS) is 28.0. The van der Waals surface area contributed by atoms with E-state index < -0.39 is 6.10 Å². The fourth-order valence-electron chi connectivity index (χ4n) is 4.81. The number of carbonyl (C=O) groups is 1. The molecule has 0 saturated heterocycles. The minimum Gasteiger partial charge on any atom is -0.512 e. The number of hydrogen-bond donors (Lipinski definition) is 2. The van der Waals surface area contributed by atoms with E-state index in [1.54, 1.807) is 0 Å². The number of hydrogen-bond acceptors (Lipinski definition) is 4. The van der Waals surface area contributed by atoms with Gasteiger partial charge in [-0.25, -0.2) is 0 Å². The quantitative estimate of drug-likeness (QED) is 0.200. The molecule has 4 nitrogen and oxygen atoms in total. The first-order valence-electron chi connectivity index (χ1n) is 10.9. The highest BCUT2D eigenvalue weighted by atomic mass is 16.5. The highest BCUT2D eigenvalue weighted by Gasteiger charge is 2.46. The summed E-state index contributed by atoms with van der Waals surface area (Å²) < 4.78 is 4.68. The van der Waals surface area contributed by atoms with E-state index in [0.29, 0.717) is 29.9 Å². The molecule has 2 aliphatic rings. The van der Waals surface area contributed by atoms with Crippen LogP contribution in [0.2, 0.25) is 0 Å². The molecule has 0 amide bonds. The van der Waals surface area contributed by atoms with Gasteiger partial charge in [0.25, 0.3) is 0 Å². The summed E-state index contributed by atoms with van der Waals surface area (Å²) in [4.78, 5) is 11.2. The fourth-order valence-corrected chi connectivity index (χ4v) is 4.81. The Hall–Kier alpha value is -1.55. The Bertz CT molecular complexity index is 577. The third kappa shape index (κ3) is 6.51. The first-order chi connectivity index (χ1) is 13.5. The van der Waals surface area contributed by atoms with Crippen molar-refractivity contribution in [3.8, 4) is 0 Å². The number of aliphatic hydroxyl groups excluding tert-OH is 2. The van der Waals surface area contributed by atoms with Crippen LogP contribution in [0.25, 0.3) is 0 Å². The van der Waals surface area contributed by atoms with Crippen LogP contribution in [0.1, 0.15) is 71.1 Å². The van der Waals surface area contributed by atoms with Crippen LogP contribution in [0.15, 0.2) is 36.1 Å². The molecule has 158 valence electrons. The van der Waals surface area contributed by atoms with Crippen molar-refractivity contribution in [1.29, 1.82) is 0 Å². The lowest BCUT2D eigenvalue weighted by Crippen LogP contribution is -2.22. The van der Waals surface area contributed by atoms with E-state index >= 15 is 0 Å². The lowest BCUT2D eigenvalue weighted by atomic mass is 9.86. The summed E-state index contributed by atoms with van der Waals surface area (Å²) in [6.45, 7) is 5.97. The second-order valence-corrected chi connectivity index (χ2v) is 8.66. The lowest BCUT2D eigenvalue weighted by Gasteiger charge is -2.22. The summed E-state index contributed by atoms with van der Waals surface area (Å²) in [6.07, 6.45) is 14.9. The maximum Gasteiger partial charge on any atom is 0.305 e. The number of allylic oxidation sites excluding steroid dienone is 4. The van der Waals surface area contributed by atoms with Gasteiger partial charge in [0.2, 0.25) is 0 Å². The Balaban J connectivity index is 1.81. The molecule has 0 aromatic carbocycles. The maximum absolute atomic E-state index is 11.2. The fraction of sp³-hybridized carbons (Fsp3) is 0.708. The van der Waals surface area contributed by atoms with E-state index in [0.717, 1.165) is 57.8 Å². The number of unbranched alkanes of at least 4 members (excludes halogenated alkanes) is 2. The second kappa shape index (κ2) is 11.5. The molecule has 0 radical (unpaired) electrons. The molecule has 0 bridgehead atoms. The highest BCUT2D eigenvalue weighted by molar-refractivity contribution is 5.68. The summed E-state index contributed by atoms with van der Waals surface area (Å²) in [5.74, 6) is 1.33. The number of fused-ring (bicyclic) bond motifs is 1. The Morgan fingerprint density at radius 3 is 2.89 bits per heavy atom. The summed E-state index contributed by atoms with van der Waals surface area (Å²) >= 11 is 0. The third-order valence-electron chi connectivity index (χ3n) is 6.42. The van der Waals surface area contributed by atoms with Gasteiger partial charge in [-0.1, -0.05) is 31.1 Å². The van der Waals surface area contributed by atoms with E-state index in [1.165, 1.54) is 12.7 Å². The van der Waals surface area contributed by atoms with Crippen molar-refractivity contribution in [2.24, 2.45) is 23.7 Å². The van der Waals surface area contributed by atoms with E-state index in [1.807, 2.05) is 12.2 Å². The van der Waals surface area contributed by atoms with E-state index in [2.05, 4.69) is 24.3 Å². The molecule has 0 heterocycles. The molecule has 0 aliphatic heterocycles. The van der Waals surface area contributed by atoms with Gasteiger partial charge in [-0.15, -0.1) is 6.58 Å². The Morgan fingerprint density at radius 1 is 1.39 bits per heavy atom. The van der Waals surface area contributed by atoms with Crippen molar-refractivity contribution in [2.45, 2.75) is 77.2 Å². The van der Waals surface area contributed by atoms with Crippen molar-refractivity contribution >= 4 is 5.97 Å². The molecule has 0 aromatic rings. The summed E-state index contributed by atoms with van der Waals surface area (Å²) in [7, 11) is 1.43. The molecule has 4 heteroatoms. The van der Waals surface area contributed by atoms with E-state index in [4.69, 9.17) is 0 Å². The third-order valence-corrected chi connectivity index (χ3v) is 6.42. The van der Waals surface area contributed by atoms with E-state index in [9.17, 15) is 15.0 Å². The second-order valence-electron chi connectivity index (χ2n) is 8.66. The number of aliphatic hydroxyl groups is 2. The Labute approximate surface area is 170 Å². The minimum atomic E-state index is -0.445. The Kier molecular flexibility index (Phi) is 9.30. The van der Waals surface area contributed by atoms with Gasteiger partial charge in [0.1, 0.15) is 0 Å². The van der Waals surface area contributed by atoms with Crippen molar-refractivity contribution in [2.75, 3.05) is 7.11 Å². The van der Waals surface area contributed by atoms with Crippen molar-refractivity contribution in [3.63, 3.8) is 0 Å². The number of carbonyl (C=O) groups excluding carboxylic acids is 1. The zero-order valence-corrected chi connectivity index (χ0v) is 17.6. The predicted molar refractivity (Wildman–Crippen MR) is 113 cm³/mol. The number of methoxy groups -OCH3 is 1. The largest absolute Gasteiger partial charge is 0.512 e. The van der Waals surface area contributed by atoms with Gasteiger partial charge in [0.15, 0.2) is 0 Å². The van der Waals surface area contributed by atoms with Gasteiger partial charge in [-0.2, -0.15) is 0 Å². The molecular weight excluding hydrogens is 352 g/mol. The minimum absolute atomic E-state index is 0.130. The number of rotatable bonds is 12. The van der Waals surface area contributed by atoms with Crippen LogP contribution >= 0.6 is 0 Å². The summed E-state index contributed by atoms with van der Waals surface area (Å²) in [5.41, 5.74) is 1.42. The molecular formula is C24H38O4. The standard InChI is InChI=1S/C24H38O4/c1-4-5-6-9-17(2)12-13-21(25)24-20-15-18(14-19(20)16-22(24)26)10-7-8-11-23(27)28-3/h4,13-14,17,19-20,22,24-26H,1,5-12,15-16H2,2-3H3/t17?,19-,20-,22+,24-/m1/s1. The molecule has 2 N–H and O–H groups in total. The number of ether oxygens (including phenoxy) is 1. The van der Waals surface area contributed by atoms with Crippen LogP contribution in [-0.2, 0) is 9.53 Å². The van der Waals surface area contributed by atoms with Crippen molar-refractivity contribution in [1.82, 2.24) is 0 Å². The first-order valence-corrected chi connectivity index (χ1v) is 10.9. The summed E-state index contributed by atoms with van der Waals surface area (Å²) in [5, 5.41) is 21.2. The molecule has 0 spiro atoms. The van der Waals surface area contributed by atoms with Crippen LogP contribution in [0.4, 0.5) is 0 Å². The van der Waals surface area contributed by atoms with Gasteiger partial charge in [-0.05, 0) is 75.2 Å². The van der Waals surface area contributed by atoms with Crippen molar-refractivity contribution < 1.29 is 19.7 Å². The van der Waals surface area contributed by atoms with Crippen LogP contribution in [0, 0.1) is 23.7 Å². The average Bonchev–Trinajstić information content (AvgIpc) is 3.19. The molecule has 28 heavy (non-hydrogen) atoms. The molecule has 2 rings (SSSR count). The van der Waals surface area contributed by atoms with Gasteiger partial charge in [-0.3, -0.25) is 4.79 Å². The van der Waals surface area contributed by atoms with E-state index in [-0.39, 0.29) is 11.9 Å². The average molecular weight is 391 g/mol. The van der Waals surface area contributed by atoms with Crippen LogP contribution in [0.5, 0.6) is 0 Å². The van der Waals surface area contributed by atoms with Gasteiger partial charge in [0, 0.05) is 12.3 Å². The molecule has 1 unspecified atom stereocenters. The molecule has 1 fully saturated rings. The van der Waals surface area contributed by atoms with Gasteiger partial charge in [0.05, 0.1) is 19.0 Å². The zero-order valence-electron chi connectivity index (χ0n) is 17.6. The molecule has 2 aliphatic carbocycles. The van der Waals surface area contributed by atoms with Crippen LogP contribution < -0.4 is 0 Å². The SMILES string of the molecule is C=CCCCC(C)CC=C(O)[C@H]1[C@@H]2CC(CCCCC(=O)OC)=C[C@@H]2C[C@@H]1O. The topological polar surface area (TPSA) is 66.8 Å². The van der Waals surface area contributed by atoms with Crippen LogP contribution in [0.3, 0.4) is 0 Å². The predicted octanol–water partition coefficient (Wildman–Crippen LogP) is 5.49. The lowest BCUT2D eigenvalue weighted by molar-refractivity contribution is -0.140. The smallest absolute Gasteiger partial charge is 0.305 e. The molecule has 1 saturated carbocycles. The Morgan fingerprint density at radius 2 is 2.18 bits per heavy atom. The molecule has 0 aromatic heterocycles. The first kappa shape index (κ1) is 22.7. The van der Waals surface area contributed by atoms with Crippen molar-refractivity contribution in [3.05, 3.63) is 36.1 Å². The maximum atomic E-state index is 11.2. The van der Waals surface area contributed by atoms with Crippen LogP contribution in [-0.4, -0.2) is 29.4 Å². The van der Waals surface area contributed by atoms with Gasteiger partial charge < -0.3 is 14.9 Å². The molecule has 5 atom stereocenters.